The number of nitrogens with two attached hydrogens (primary N) is 1. The molecule has 1 aromatic heterocycles. The van der Waals surface area contributed by atoms with E-state index in [4.69, 9.17) is 5.73 Å². The molecule has 0 fully saturated rings. The molecule has 0 saturated carbocycles. The van der Waals surface area contributed by atoms with E-state index in [1.54, 1.807) is 0 Å². The average molecular weight is 251 g/mol. The second-order valence-corrected chi connectivity index (χ2v) is 4.80. The van der Waals surface area contributed by atoms with Crippen molar-refractivity contribution in [3.8, 4) is 0 Å². The first-order valence-corrected chi connectivity index (χ1v) is 6.46. The third kappa shape index (κ3) is 2.25. The van der Waals surface area contributed by atoms with Crippen molar-refractivity contribution >= 4 is 10.8 Å². The van der Waals surface area contributed by atoms with E-state index in [1.165, 1.54) is 16.3 Å². The quantitative estimate of drug-likeness (QED) is 0.777. The minimum absolute atomic E-state index is 0.0287. The Morgan fingerprint density at radius 3 is 2.74 bits per heavy atom. The van der Waals surface area contributed by atoms with Gasteiger partial charge in [-0.2, -0.15) is 0 Å². The molecule has 3 nitrogen and oxygen atoms in total. The van der Waals surface area contributed by atoms with E-state index >= 15 is 0 Å². The number of hydrogen-bond donors (Lipinski definition) is 1. The molecule has 0 aliphatic carbocycles. The van der Waals surface area contributed by atoms with Crippen molar-refractivity contribution in [3.63, 3.8) is 0 Å². The van der Waals surface area contributed by atoms with Crippen molar-refractivity contribution in [2.75, 3.05) is 0 Å². The maximum atomic E-state index is 6.37. The van der Waals surface area contributed by atoms with E-state index in [2.05, 4.69) is 52.0 Å². The Kier molecular flexibility index (Phi) is 3.05. The van der Waals surface area contributed by atoms with Gasteiger partial charge in [0.2, 0.25) is 0 Å². The summed E-state index contributed by atoms with van der Waals surface area (Å²) in [5.74, 6) is 0.996. The summed E-state index contributed by atoms with van der Waals surface area (Å²) in [7, 11) is 0. The van der Waals surface area contributed by atoms with Gasteiger partial charge in [0, 0.05) is 25.0 Å². The van der Waals surface area contributed by atoms with Gasteiger partial charge in [0.25, 0.3) is 0 Å². The third-order valence-corrected chi connectivity index (χ3v) is 3.54. The number of hydrogen-bond acceptors (Lipinski definition) is 2. The van der Waals surface area contributed by atoms with Gasteiger partial charge in [0.15, 0.2) is 0 Å². The first-order valence-electron chi connectivity index (χ1n) is 6.46. The zero-order valence-electron chi connectivity index (χ0n) is 11.0. The Morgan fingerprint density at radius 1 is 1.16 bits per heavy atom. The number of aromatic nitrogens is 2. The van der Waals surface area contributed by atoms with Crippen LogP contribution in [0, 0.1) is 6.92 Å². The van der Waals surface area contributed by atoms with Crippen molar-refractivity contribution in [2.24, 2.45) is 5.73 Å². The fourth-order valence-electron chi connectivity index (χ4n) is 2.48. The number of rotatable bonds is 3. The van der Waals surface area contributed by atoms with Crippen LogP contribution in [0.2, 0.25) is 0 Å². The van der Waals surface area contributed by atoms with Gasteiger partial charge in [-0.15, -0.1) is 0 Å². The lowest BCUT2D eigenvalue weighted by Crippen LogP contribution is -2.18. The predicted octanol–water partition coefficient (Wildman–Crippen LogP) is 3.04. The molecule has 3 rings (SSSR count). The predicted molar refractivity (Wildman–Crippen MR) is 77.8 cm³/mol. The largest absolute Gasteiger partial charge is 0.333 e. The van der Waals surface area contributed by atoms with Crippen molar-refractivity contribution < 1.29 is 0 Å². The maximum Gasteiger partial charge on any atom is 0.105 e. The lowest BCUT2D eigenvalue weighted by molar-refractivity contribution is 0.568. The first-order chi connectivity index (χ1) is 9.25. The number of nitrogens with zero attached hydrogens (tertiary/aromatic N) is 2. The van der Waals surface area contributed by atoms with E-state index in [9.17, 15) is 0 Å². The van der Waals surface area contributed by atoms with Gasteiger partial charge < -0.3 is 10.3 Å². The highest BCUT2D eigenvalue weighted by Gasteiger charge is 2.11. The van der Waals surface area contributed by atoms with Crippen LogP contribution in [0.1, 0.15) is 17.4 Å². The van der Waals surface area contributed by atoms with Crippen LogP contribution in [-0.2, 0) is 6.54 Å². The second-order valence-electron chi connectivity index (χ2n) is 4.80. The molecule has 0 aliphatic heterocycles. The summed E-state index contributed by atoms with van der Waals surface area (Å²) in [5.41, 5.74) is 7.56. The van der Waals surface area contributed by atoms with Gasteiger partial charge in [-0.1, -0.05) is 42.5 Å². The number of benzene rings is 2. The summed E-state index contributed by atoms with van der Waals surface area (Å²) in [6.07, 6.45) is 3.78. The summed E-state index contributed by atoms with van der Waals surface area (Å²) in [4.78, 5) is 4.23. The van der Waals surface area contributed by atoms with E-state index in [0.717, 1.165) is 12.4 Å². The van der Waals surface area contributed by atoms with Crippen molar-refractivity contribution in [3.05, 3.63) is 66.2 Å². The lowest BCUT2D eigenvalue weighted by atomic mass is 9.99. The van der Waals surface area contributed by atoms with Crippen LogP contribution in [0.15, 0.2) is 54.9 Å². The van der Waals surface area contributed by atoms with Crippen LogP contribution in [0.3, 0.4) is 0 Å². The highest BCUT2D eigenvalue weighted by molar-refractivity contribution is 5.86. The molecule has 0 aliphatic rings. The van der Waals surface area contributed by atoms with Crippen molar-refractivity contribution in [1.29, 1.82) is 0 Å². The first kappa shape index (κ1) is 11.9. The summed E-state index contributed by atoms with van der Waals surface area (Å²) in [6.45, 7) is 2.75. The van der Waals surface area contributed by atoms with E-state index in [0.29, 0.717) is 0 Å². The van der Waals surface area contributed by atoms with E-state index in [1.807, 2.05) is 19.3 Å². The van der Waals surface area contributed by atoms with Gasteiger partial charge in [0.05, 0.1) is 0 Å². The molecule has 96 valence electrons. The van der Waals surface area contributed by atoms with Crippen molar-refractivity contribution in [2.45, 2.75) is 19.5 Å². The Labute approximate surface area is 112 Å². The minimum atomic E-state index is -0.0287. The summed E-state index contributed by atoms with van der Waals surface area (Å²) < 4.78 is 2.09. The number of fused-ring (bicyclic) bond motifs is 1. The molecular formula is C16H17N3. The molecule has 0 bridgehead atoms. The number of imidazole rings is 1. The molecule has 1 unspecified atom stereocenters. The lowest BCUT2D eigenvalue weighted by Gasteiger charge is -2.16. The fourth-order valence-corrected chi connectivity index (χ4v) is 2.48. The van der Waals surface area contributed by atoms with E-state index in [-0.39, 0.29) is 6.04 Å². The monoisotopic (exact) mass is 251 g/mol. The van der Waals surface area contributed by atoms with Gasteiger partial charge in [-0.05, 0) is 23.3 Å². The van der Waals surface area contributed by atoms with Crippen LogP contribution in [0.4, 0.5) is 0 Å². The summed E-state index contributed by atoms with van der Waals surface area (Å²) in [6, 6.07) is 14.6. The summed E-state index contributed by atoms with van der Waals surface area (Å²) >= 11 is 0. The second kappa shape index (κ2) is 4.86. The van der Waals surface area contributed by atoms with E-state index < -0.39 is 0 Å². The van der Waals surface area contributed by atoms with Crippen LogP contribution < -0.4 is 5.73 Å². The highest BCUT2D eigenvalue weighted by atomic mass is 15.1. The van der Waals surface area contributed by atoms with Crippen LogP contribution in [-0.4, -0.2) is 9.55 Å². The molecule has 2 aromatic carbocycles. The van der Waals surface area contributed by atoms with Gasteiger partial charge in [-0.3, -0.25) is 0 Å². The molecule has 0 radical (unpaired) electrons. The normalized spacial score (nSPS) is 12.7. The highest BCUT2D eigenvalue weighted by Crippen LogP contribution is 2.24. The molecule has 2 N–H and O–H groups in total. The minimum Gasteiger partial charge on any atom is -0.333 e. The SMILES string of the molecule is Cc1nccn1CC(N)c1cccc2ccccc12. The zero-order chi connectivity index (χ0) is 13.2. The van der Waals surface area contributed by atoms with Crippen molar-refractivity contribution in [1.82, 2.24) is 9.55 Å². The Morgan fingerprint density at radius 2 is 1.95 bits per heavy atom. The smallest absolute Gasteiger partial charge is 0.105 e. The Bertz CT molecular complexity index is 695. The molecule has 0 amide bonds. The van der Waals surface area contributed by atoms with Crippen LogP contribution in [0.25, 0.3) is 10.8 Å². The standard InChI is InChI=1S/C16H17N3/c1-12-18-9-10-19(12)11-16(17)15-8-4-6-13-5-2-3-7-14(13)15/h2-10,16H,11,17H2,1H3. The molecular weight excluding hydrogens is 234 g/mol. The van der Waals surface area contributed by atoms with Crippen LogP contribution in [0.5, 0.6) is 0 Å². The number of aryl methyl sites for hydroxylation is 1. The zero-order valence-corrected chi connectivity index (χ0v) is 11.0. The molecule has 19 heavy (non-hydrogen) atoms. The molecule has 1 heterocycles. The Balaban J connectivity index is 1.98. The average Bonchev–Trinajstić information content (AvgIpc) is 2.83. The molecule has 3 aromatic rings. The molecule has 0 spiro atoms. The fraction of sp³-hybridized carbons (Fsp3) is 0.188. The molecule has 0 saturated heterocycles. The summed E-state index contributed by atoms with van der Waals surface area (Å²) in [5, 5.41) is 2.47. The Hall–Kier alpha value is -2.13. The molecule has 1 atom stereocenters. The van der Waals surface area contributed by atoms with Gasteiger partial charge in [-0.25, -0.2) is 4.98 Å². The maximum absolute atomic E-state index is 6.37. The topological polar surface area (TPSA) is 43.8 Å². The molecule has 3 heteroatoms. The van der Waals surface area contributed by atoms with Gasteiger partial charge in [0.1, 0.15) is 5.82 Å². The third-order valence-electron chi connectivity index (χ3n) is 3.54. The van der Waals surface area contributed by atoms with Crippen LogP contribution >= 0.6 is 0 Å². The van der Waals surface area contributed by atoms with Gasteiger partial charge >= 0.3 is 0 Å².